The monoisotopic (exact) mass is 370 g/mol. The summed E-state index contributed by atoms with van der Waals surface area (Å²) in [5.41, 5.74) is 6.72. The summed E-state index contributed by atoms with van der Waals surface area (Å²) >= 11 is 1.60. The molecule has 2 atom stereocenters. The van der Waals surface area contributed by atoms with Crippen molar-refractivity contribution in [3.63, 3.8) is 0 Å². The van der Waals surface area contributed by atoms with Crippen LogP contribution in [0.2, 0.25) is 0 Å². The van der Waals surface area contributed by atoms with E-state index in [1.54, 1.807) is 11.8 Å². The molecule has 0 saturated heterocycles. The van der Waals surface area contributed by atoms with Crippen molar-refractivity contribution in [2.24, 2.45) is 11.7 Å². The van der Waals surface area contributed by atoms with Gasteiger partial charge in [-0.15, -0.1) is 0 Å². The largest absolute Gasteiger partial charge is 0.486 e. The lowest BCUT2D eigenvalue weighted by Gasteiger charge is -2.22. The highest BCUT2D eigenvalue weighted by atomic mass is 32.2. The highest BCUT2D eigenvalue weighted by Crippen LogP contribution is 2.42. The molecule has 136 valence electrons. The van der Waals surface area contributed by atoms with Crippen molar-refractivity contribution in [3.8, 4) is 11.5 Å². The van der Waals surface area contributed by atoms with Crippen LogP contribution >= 0.6 is 11.8 Å². The number of nitrogens with one attached hydrogen (secondary N) is 1. The fraction of sp³-hybridized carbons (Fsp3) is 0.350. The van der Waals surface area contributed by atoms with Gasteiger partial charge in [0.25, 0.3) is 0 Å². The second kappa shape index (κ2) is 7.60. The maximum atomic E-state index is 12.7. The first kappa shape index (κ1) is 17.2. The number of amides is 1. The number of hydrogen-bond acceptors (Lipinski definition) is 5. The normalized spacial score (nSPS) is 21.4. The summed E-state index contributed by atoms with van der Waals surface area (Å²) in [7, 11) is 0. The van der Waals surface area contributed by atoms with E-state index in [1.807, 2.05) is 42.5 Å². The van der Waals surface area contributed by atoms with Gasteiger partial charge in [-0.25, -0.2) is 0 Å². The minimum absolute atomic E-state index is 0.0206. The van der Waals surface area contributed by atoms with E-state index in [9.17, 15) is 4.79 Å². The van der Waals surface area contributed by atoms with Gasteiger partial charge in [-0.1, -0.05) is 30.0 Å². The van der Waals surface area contributed by atoms with Gasteiger partial charge in [-0.3, -0.25) is 4.79 Å². The predicted octanol–water partition coefficient (Wildman–Crippen LogP) is 3.67. The lowest BCUT2D eigenvalue weighted by atomic mass is 10.1. The summed E-state index contributed by atoms with van der Waals surface area (Å²) in [5, 5.41) is 3.09. The Balaban J connectivity index is 1.61. The molecule has 5 nitrogen and oxygen atoms in total. The maximum absolute atomic E-state index is 12.7. The van der Waals surface area contributed by atoms with Gasteiger partial charge in [0.15, 0.2) is 11.5 Å². The molecule has 4 rings (SSSR count). The summed E-state index contributed by atoms with van der Waals surface area (Å²) in [6.07, 6.45) is 2.50. The minimum atomic E-state index is -0.0206. The summed E-state index contributed by atoms with van der Waals surface area (Å²) in [6, 6.07) is 14.0. The zero-order chi connectivity index (χ0) is 17.9. The van der Waals surface area contributed by atoms with Gasteiger partial charge in [-0.2, -0.15) is 0 Å². The van der Waals surface area contributed by atoms with Crippen LogP contribution < -0.4 is 20.5 Å². The van der Waals surface area contributed by atoms with E-state index >= 15 is 0 Å². The van der Waals surface area contributed by atoms with Gasteiger partial charge >= 0.3 is 0 Å². The molecule has 6 heteroatoms. The molecule has 0 spiro atoms. The smallest absolute Gasteiger partial charge is 0.227 e. The number of rotatable bonds is 4. The number of nitrogens with two attached hydrogens (primary N) is 1. The van der Waals surface area contributed by atoms with Crippen molar-refractivity contribution < 1.29 is 14.3 Å². The lowest BCUT2D eigenvalue weighted by Crippen LogP contribution is -2.23. The standard InChI is InChI=1S/C20H22N2O3S/c21-14-7-6-13(10-14)20(23)22-16-11-17-18(25-9-8-24-17)12-19(16)26-15-4-2-1-3-5-15/h1-5,11-14H,6-10,21H2,(H,22,23). The molecular formula is C20H22N2O3S. The van der Waals surface area contributed by atoms with E-state index in [-0.39, 0.29) is 17.9 Å². The molecule has 26 heavy (non-hydrogen) atoms. The Morgan fingerprint density at radius 3 is 2.50 bits per heavy atom. The fourth-order valence-electron chi connectivity index (χ4n) is 3.36. The van der Waals surface area contributed by atoms with Gasteiger partial charge in [0.1, 0.15) is 13.2 Å². The Hall–Kier alpha value is -2.18. The zero-order valence-corrected chi connectivity index (χ0v) is 15.3. The van der Waals surface area contributed by atoms with Crippen LogP contribution in [-0.2, 0) is 4.79 Å². The third kappa shape index (κ3) is 3.81. The third-order valence-electron chi connectivity index (χ3n) is 4.72. The van der Waals surface area contributed by atoms with Crippen LogP contribution in [0.1, 0.15) is 19.3 Å². The minimum Gasteiger partial charge on any atom is -0.486 e. The Bertz CT molecular complexity index is 797. The molecule has 1 amide bonds. The zero-order valence-electron chi connectivity index (χ0n) is 14.4. The molecule has 2 unspecified atom stereocenters. The van der Waals surface area contributed by atoms with Gasteiger partial charge < -0.3 is 20.5 Å². The van der Waals surface area contributed by atoms with Crippen molar-refractivity contribution in [2.45, 2.75) is 35.1 Å². The molecule has 3 N–H and O–H groups in total. The highest BCUT2D eigenvalue weighted by Gasteiger charge is 2.28. The molecule has 0 aromatic heterocycles. The van der Waals surface area contributed by atoms with E-state index in [2.05, 4.69) is 5.32 Å². The number of fused-ring (bicyclic) bond motifs is 1. The summed E-state index contributed by atoms with van der Waals surface area (Å²) in [5.74, 6) is 1.40. The van der Waals surface area contributed by atoms with Crippen LogP contribution in [0.3, 0.4) is 0 Å². The van der Waals surface area contributed by atoms with E-state index < -0.39 is 0 Å². The Morgan fingerprint density at radius 2 is 1.81 bits per heavy atom. The molecule has 2 aromatic rings. The molecule has 2 aromatic carbocycles. The molecule has 1 aliphatic carbocycles. The van der Waals surface area contributed by atoms with Crippen LogP contribution in [0.25, 0.3) is 0 Å². The Labute approximate surface area is 157 Å². The summed E-state index contributed by atoms with van der Waals surface area (Å²) in [4.78, 5) is 14.7. The second-order valence-electron chi connectivity index (χ2n) is 6.67. The molecule has 1 heterocycles. The second-order valence-corrected chi connectivity index (χ2v) is 7.78. The molecule has 0 bridgehead atoms. The molecule has 2 aliphatic rings. The van der Waals surface area contributed by atoms with Crippen LogP contribution in [0.15, 0.2) is 52.3 Å². The van der Waals surface area contributed by atoms with E-state index in [0.29, 0.717) is 19.0 Å². The number of carbonyl (C=O) groups excluding carboxylic acids is 1. The predicted molar refractivity (Wildman–Crippen MR) is 102 cm³/mol. The van der Waals surface area contributed by atoms with Crippen molar-refractivity contribution >= 4 is 23.4 Å². The number of carbonyl (C=O) groups is 1. The van der Waals surface area contributed by atoms with Crippen LogP contribution in [0.4, 0.5) is 5.69 Å². The average Bonchev–Trinajstić information content (AvgIpc) is 3.09. The quantitative estimate of drug-likeness (QED) is 0.859. The topological polar surface area (TPSA) is 73.6 Å². The SMILES string of the molecule is NC1CCC(C(=O)Nc2cc3c(cc2Sc2ccccc2)OCCO3)C1. The first-order chi connectivity index (χ1) is 12.7. The maximum Gasteiger partial charge on any atom is 0.227 e. The number of anilines is 1. The summed E-state index contributed by atoms with van der Waals surface area (Å²) in [6.45, 7) is 1.05. The number of benzene rings is 2. The van der Waals surface area contributed by atoms with Crippen molar-refractivity contribution in [2.75, 3.05) is 18.5 Å². The first-order valence-electron chi connectivity index (χ1n) is 8.92. The number of hydrogen-bond donors (Lipinski definition) is 2. The molecular weight excluding hydrogens is 348 g/mol. The lowest BCUT2D eigenvalue weighted by molar-refractivity contribution is -0.119. The average molecular weight is 370 g/mol. The highest BCUT2D eigenvalue weighted by molar-refractivity contribution is 7.99. The third-order valence-corrected chi connectivity index (χ3v) is 5.78. The summed E-state index contributed by atoms with van der Waals surface area (Å²) < 4.78 is 11.4. The van der Waals surface area contributed by atoms with Crippen LogP contribution in [0.5, 0.6) is 11.5 Å². The van der Waals surface area contributed by atoms with Crippen LogP contribution in [0, 0.1) is 5.92 Å². The van der Waals surface area contributed by atoms with Crippen LogP contribution in [-0.4, -0.2) is 25.2 Å². The molecule has 1 fully saturated rings. The van der Waals surface area contributed by atoms with Gasteiger partial charge in [0.2, 0.25) is 5.91 Å². The van der Waals surface area contributed by atoms with Gasteiger partial charge in [0, 0.05) is 33.9 Å². The van der Waals surface area contributed by atoms with Crippen molar-refractivity contribution in [3.05, 3.63) is 42.5 Å². The molecule has 1 saturated carbocycles. The fourth-order valence-corrected chi connectivity index (χ4v) is 4.29. The van der Waals surface area contributed by atoms with Crippen molar-refractivity contribution in [1.82, 2.24) is 0 Å². The van der Waals surface area contributed by atoms with Gasteiger partial charge in [-0.05, 0) is 31.4 Å². The van der Waals surface area contributed by atoms with Gasteiger partial charge in [0.05, 0.1) is 5.69 Å². The van der Waals surface area contributed by atoms with Crippen molar-refractivity contribution in [1.29, 1.82) is 0 Å². The molecule has 1 aliphatic heterocycles. The Morgan fingerprint density at radius 1 is 1.08 bits per heavy atom. The number of ether oxygens (including phenoxy) is 2. The van der Waals surface area contributed by atoms with E-state index in [1.165, 1.54) is 0 Å². The molecule has 0 radical (unpaired) electrons. The van der Waals surface area contributed by atoms with E-state index in [0.717, 1.165) is 40.5 Å². The van der Waals surface area contributed by atoms with E-state index in [4.69, 9.17) is 15.2 Å². The Kier molecular flexibility index (Phi) is 5.04. The first-order valence-corrected chi connectivity index (χ1v) is 9.73.